The summed E-state index contributed by atoms with van der Waals surface area (Å²) in [5, 5.41) is 39.0. The number of hydrogen-bond acceptors (Lipinski definition) is 14. The van der Waals surface area contributed by atoms with Gasteiger partial charge in [0.1, 0.15) is 18.8 Å². The normalized spacial score (nSPS) is 22.0. The van der Waals surface area contributed by atoms with Crippen molar-refractivity contribution in [3.05, 3.63) is 0 Å². The van der Waals surface area contributed by atoms with Crippen molar-refractivity contribution in [2.75, 3.05) is 53.4 Å². The number of methoxy groups -OCH3 is 1. The van der Waals surface area contributed by atoms with Crippen LogP contribution in [0.25, 0.3) is 0 Å². The fraction of sp³-hybridized carbons (Fsp3) is 0.933. The smallest absolute Gasteiger partial charge is 0.160 e. The number of aliphatic hydroxyl groups is 3. The lowest BCUT2D eigenvalue weighted by atomic mass is 9.93. The van der Waals surface area contributed by atoms with Gasteiger partial charge in [0.05, 0.1) is 82.2 Å². The number of carboxylic acids is 1. The van der Waals surface area contributed by atoms with Gasteiger partial charge >= 0.3 is 0 Å². The van der Waals surface area contributed by atoms with Gasteiger partial charge in [-0.25, -0.2) is 0 Å². The molecule has 0 aliphatic carbocycles. The molecule has 1 saturated heterocycles. The van der Waals surface area contributed by atoms with Gasteiger partial charge in [-0.05, 0) is 62.3 Å². The lowest BCUT2D eigenvalue weighted by Gasteiger charge is -2.39. The standard InChI is InChI=1S/C12H24O6.C6H13NO3.C6H14O2.C6H12O2/c1-7(2)17-5-4-16-6-9-11(14)10(13)8(3)12(15)18-9;1-4(2)10-3-5(7)6(8)9;1-6(2)8-5-4-7-3;1-5(2)8-4-6(3)7/h7-15H,4-6H2,1-3H3;4-5H,3,7H2,1-2H3,(H,8,9);6H,4-5H2,1-3H3;5H,4H2,1-3H3/p-1/t8-,9-,10-,11+,12?;5-;;/m10../s1. The van der Waals surface area contributed by atoms with Gasteiger partial charge < -0.3 is 64.1 Å². The van der Waals surface area contributed by atoms with Crippen LogP contribution in [0.4, 0.5) is 0 Å². The third-order valence-corrected chi connectivity index (χ3v) is 5.26. The van der Waals surface area contributed by atoms with Crippen LogP contribution >= 0.6 is 0 Å². The fourth-order valence-electron chi connectivity index (χ4n) is 2.78. The van der Waals surface area contributed by atoms with Crippen LogP contribution < -0.4 is 10.8 Å². The Balaban J connectivity index is -0.000000552. The average molecular weight is 645 g/mol. The minimum absolute atomic E-state index is 0.00500. The van der Waals surface area contributed by atoms with Crippen molar-refractivity contribution in [2.24, 2.45) is 11.7 Å². The fourth-order valence-corrected chi connectivity index (χ4v) is 2.78. The molecular formula is C30H62NO13-. The Labute approximate surface area is 264 Å². The number of aliphatic carboxylic acids is 1. The van der Waals surface area contributed by atoms with E-state index in [1.807, 2.05) is 55.4 Å². The van der Waals surface area contributed by atoms with E-state index in [0.717, 1.165) is 0 Å². The van der Waals surface area contributed by atoms with Gasteiger partial charge in [0.2, 0.25) is 0 Å². The van der Waals surface area contributed by atoms with Gasteiger partial charge in [-0.3, -0.25) is 4.79 Å². The molecule has 0 amide bonds. The zero-order valence-electron chi connectivity index (χ0n) is 28.7. The maximum absolute atomic E-state index is 10.2. The minimum atomic E-state index is -1.28. The highest BCUT2D eigenvalue weighted by molar-refractivity contribution is 5.76. The Morgan fingerprint density at radius 2 is 1.27 bits per heavy atom. The van der Waals surface area contributed by atoms with Crippen molar-refractivity contribution in [1.29, 1.82) is 0 Å². The molecule has 5 N–H and O–H groups in total. The van der Waals surface area contributed by atoms with Crippen LogP contribution in [0.5, 0.6) is 0 Å². The number of ether oxygens (including phenoxy) is 7. The van der Waals surface area contributed by atoms with Crippen LogP contribution in [0.3, 0.4) is 0 Å². The lowest BCUT2D eigenvalue weighted by molar-refractivity contribution is -0.308. The van der Waals surface area contributed by atoms with E-state index < -0.39 is 42.5 Å². The van der Waals surface area contributed by atoms with Crippen LogP contribution in [0.1, 0.15) is 69.2 Å². The van der Waals surface area contributed by atoms with Crippen molar-refractivity contribution in [2.45, 2.75) is 124 Å². The zero-order chi connectivity index (χ0) is 34.8. The van der Waals surface area contributed by atoms with Crippen molar-refractivity contribution in [3.63, 3.8) is 0 Å². The summed E-state index contributed by atoms with van der Waals surface area (Å²) in [6.45, 7) is 21.1. The molecule has 0 saturated carbocycles. The Morgan fingerprint density at radius 3 is 1.66 bits per heavy atom. The predicted molar refractivity (Wildman–Crippen MR) is 163 cm³/mol. The molecule has 1 fully saturated rings. The first-order valence-electron chi connectivity index (χ1n) is 15.1. The van der Waals surface area contributed by atoms with E-state index in [4.69, 9.17) is 38.9 Å². The van der Waals surface area contributed by atoms with Crippen LogP contribution in [-0.2, 0) is 42.7 Å². The Morgan fingerprint density at radius 1 is 0.795 bits per heavy atom. The monoisotopic (exact) mass is 644 g/mol. The molecule has 1 heterocycles. The molecule has 1 aliphatic rings. The number of carbonyl (C=O) groups excluding carboxylic acids is 2. The number of carbonyl (C=O) groups is 2. The molecule has 6 atom stereocenters. The van der Waals surface area contributed by atoms with Gasteiger partial charge in [-0.2, -0.15) is 0 Å². The van der Waals surface area contributed by atoms with E-state index in [0.29, 0.717) is 32.5 Å². The lowest BCUT2D eigenvalue weighted by Crippen LogP contribution is -2.55. The van der Waals surface area contributed by atoms with Gasteiger partial charge in [0.25, 0.3) is 0 Å². The number of ketones is 1. The van der Waals surface area contributed by atoms with Crippen molar-refractivity contribution >= 4 is 11.8 Å². The van der Waals surface area contributed by atoms with E-state index >= 15 is 0 Å². The topological polar surface area (TPSA) is 209 Å². The molecule has 1 rings (SSSR count). The van der Waals surface area contributed by atoms with E-state index in [2.05, 4.69) is 0 Å². The molecule has 0 aromatic carbocycles. The number of Topliss-reactive ketones (excluding diaryl/α,β-unsaturated/α-hetero) is 1. The van der Waals surface area contributed by atoms with E-state index in [1.54, 1.807) is 14.0 Å². The Hall–Kier alpha value is -1.30. The van der Waals surface area contributed by atoms with Crippen molar-refractivity contribution < 1.29 is 63.2 Å². The van der Waals surface area contributed by atoms with Crippen molar-refractivity contribution in [1.82, 2.24) is 0 Å². The molecule has 14 nitrogen and oxygen atoms in total. The van der Waals surface area contributed by atoms with Crippen molar-refractivity contribution in [3.8, 4) is 0 Å². The molecule has 0 radical (unpaired) electrons. The molecule has 1 aliphatic heterocycles. The molecule has 44 heavy (non-hydrogen) atoms. The molecule has 0 bridgehead atoms. The summed E-state index contributed by atoms with van der Waals surface area (Å²) in [5.74, 6) is -1.71. The van der Waals surface area contributed by atoms with Gasteiger partial charge in [-0.15, -0.1) is 0 Å². The highest BCUT2D eigenvalue weighted by Crippen LogP contribution is 2.24. The number of nitrogens with two attached hydrogens (primary N) is 1. The van der Waals surface area contributed by atoms with E-state index in [1.165, 1.54) is 6.92 Å². The summed E-state index contributed by atoms with van der Waals surface area (Å²) in [4.78, 5) is 20.2. The summed E-state index contributed by atoms with van der Waals surface area (Å²) in [7, 11) is 1.67. The first-order chi connectivity index (χ1) is 20.4. The third-order valence-electron chi connectivity index (χ3n) is 5.26. The summed E-state index contributed by atoms with van der Waals surface area (Å²) in [5.41, 5.74) is 5.08. The third kappa shape index (κ3) is 30.7. The molecule has 0 aromatic heterocycles. The molecule has 14 heteroatoms. The van der Waals surface area contributed by atoms with Gasteiger partial charge in [-0.1, -0.05) is 6.92 Å². The molecule has 1 unspecified atom stereocenters. The van der Waals surface area contributed by atoms with Gasteiger partial charge in [0, 0.05) is 13.0 Å². The summed E-state index contributed by atoms with van der Waals surface area (Å²) in [6.07, 6.45) is -3.21. The number of hydrogen-bond donors (Lipinski definition) is 4. The molecular weight excluding hydrogens is 582 g/mol. The number of aliphatic hydroxyl groups excluding tert-OH is 3. The van der Waals surface area contributed by atoms with Crippen LogP contribution in [0.15, 0.2) is 0 Å². The van der Waals surface area contributed by atoms with Crippen LogP contribution in [0.2, 0.25) is 0 Å². The molecule has 266 valence electrons. The van der Waals surface area contributed by atoms with E-state index in [9.17, 15) is 30.0 Å². The zero-order valence-corrected chi connectivity index (χ0v) is 28.7. The first kappa shape index (κ1) is 47.1. The highest BCUT2D eigenvalue weighted by atomic mass is 16.6. The van der Waals surface area contributed by atoms with E-state index in [-0.39, 0.29) is 43.9 Å². The number of rotatable bonds is 17. The second-order valence-electron chi connectivity index (χ2n) is 11.2. The Bertz CT molecular complexity index is 679. The minimum Gasteiger partial charge on any atom is -0.548 e. The average Bonchev–Trinajstić information content (AvgIpc) is 2.92. The predicted octanol–water partition coefficient (Wildman–Crippen LogP) is 0.0499. The van der Waals surface area contributed by atoms with Crippen LogP contribution in [0, 0.1) is 5.92 Å². The number of carboxylic acid groups (broad SMARTS) is 1. The highest BCUT2D eigenvalue weighted by Gasteiger charge is 2.41. The first-order valence-corrected chi connectivity index (χ1v) is 15.1. The summed E-state index contributed by atoms with van der Waals surface area (Å²) < 4.78 is 35.6. The quantitative estimate of drug-likeness (QED) is 0.154. The molecule has 0 spiro atoms. The summed E-state index contributed by atoms with van der Waals surface area (Å²) >= 11 is 0. The second-order valence-corrected chi connectivity index (χ2v) is 11.2. The second kappa shape index (κ2) is 29.1. The summed E-state index contributed by atoms with van der Waals surface area (Å²) in [6, 6.07) is -1.01. The Kier molecular flexibility index (Phi) is 31.2. The maximum atomic E-state index is 10.2. The molecule has 0 aromatic rings. The van der Waals surface area contributed by atoms with Crippen LogP contribution in [-0.4, -0.2) is 135 Å². The van der Waals surface area contributed by atoms with Gasteiger partial charge in [0.15, 0.2) is 12.1 Å². The maximum Gasteiger partial charge on any atom is 0.160 e. The largest absolute Gasteiger partial charge is 0.548 e. The SMILES string of the molecule is CC(=O)COC(C)C.CC(C)OCCOC[C@H]1OC(O)[C@H](C)[C@@H](O)[C@H]1O.CC(C)OC[C@H](N)C(=O)[O-].COCCOC(C)C.